The molecule has 0 saturated carbocycles. The average Bonchev–Trinajstić information content (AvgIpc) is 2.39. The molecule has 0 aromatic heterocycles. The number of rotatable bonds is 4. The summed E-state index contributed by atoms with van der Waals surface area (Å²) in [5.74, 6) is 0.0845. The molecule has 20 heavy (non-hydrogen) atoms. The van der Waals surface area contributed by atoms with Gasteiger partial charge in [-0.25, -0.2) is 0 Å². The van der Waals surface area contributed by atoms with E-state index < -0.39 is 5.44 Å². The van der Waals surface area contributed by atoms with Gasteiger partial charge >= 0.3 is 0 Å². The van der Waals surface area contributed by atoms with Crippen LogP contribution >= 0.6 is 82.0 Å². The van der Waals surface area contributed by atoms with Crippen LogP contribution in [0.25, 0.3) is 0 Å². The highest BCUT2D eigenvalue weighted by molar-refractivity contribution is 8.23. The largest absolute Gasteiger partial charge is 0.382 e. The first kappa shape index (κ1) is 19.1. The fraction of sp³-hybridized carbons (Fsp3) is 0.417. The van der Waals surface area contributed by atoms with Crippen LogP contribution in [0, 0.1) is 5.92 Å². The lowest BCUT2D eigenvalue weighted by molar-refractivity contribution is 0.213. The highest BCUT2D eigenvalue weighted by Crippen LogP contribution is 2.44. The summed E-state index contributed by atoms with van der Waals surface area (Å²) in [4.78, 5) is 0. The van der Waals surface area contributed by atoms with Gasteiger partial charge in [0.15, 0.2) is 0 Å². The Morgan fingerprint density at radius 3 is 1.80 bits per heavy atom. The Kier molecular flexibility index (Phi) is 7.72. The lowest BCUT2D eigenvalue weighted by atomic mass is 10.1. The van der Waals surface area contributed by atoms with E-state index in [4.69, 9.17) is 70.2 Å². The van der Waals surface area contributed by atoms with Crippen molar-refractivity contribution in [3.05, 3.63) is 30.7 Å². The van der Waals surface area contributed by atoms with Crippen molar-refractivity contribution in [2.75, 3.05) is 0 Å². The molecular weight excluding hydrogens is 402 g/mol. The molecule has 1 rings (SSSR count). The highest BCUT2D eigenvalue weighted by Gasteiger charge is 2.21. The Hall–Kier alpha value is 1.07. The molecule has 1 atom stereocenters. The molecule has 1 nitrogen and oxygen atoms in total. The van der Waals surface area contributed by atoms with Gasteiger partial charge in [-0.05, 0) is 11.5 Å². The molecule has 0 amide bonds. The second-order valence-corrected chi connectivity index (χ2v) is 8.20. The number of aliphatic hydroxyl groups is 1. The zero-order chi connectivity index (χ0) is 15.6. The predicted molar refractivity (Wildman–Crippen MR) is 96.2 cm³/mol. The molecule has 1 unspecified atom stereocenters. The summed E-state index contributed by atoms with van der Waals surface area (Å²) < 4.78 is 0.546. The first-order chi connectivity index (χ1) is 9.16. The second kappa shape index (κ2) is 8.07. The van der Waals surface area contributed by atoms with E-state index in [0.717, 1.165) is 0 Å². The van der Waals surface area contributed by atoms with Crippen molar-refractivity contribution in [2.24, 2.45) is 5.92 Å². The van der Waals surface area contributed by atoms with Crippen molar-refractivity contribution in [1.82, 2.24) is 0 Å². The zero-order valence-electron chi connectivity index (χ0n) is 10.5. The van der Waals surface area contributed by atoms with Gasteiger partial charge in [0.1, 0.15) is 5.44 Å². The van der Waals surface area contributed by atoms with Gasteiger partial charge in [0.05, 0.1) is 29.3 Å². The van der Waals surface area contributed by atoms with Gasteiger partial charge in [-0.1, -0.05) is 95.8 Å². The van der Waals surface area contributed by atoms with Gasteiger partial charge in [-0.15, -0.1) is 0 Å². The fourth-order valence-corrected chi connectivity index (χ4v) is 3.78. The third-order valence-electron chi connectivity index (χ3n) is 2.44. The van der Waals surface area contributed by atoms with E-state index in [1.807, 2.05) is 13.8 Å². The van der Waals surface area contributed by atoms with Gasteiger partial charge < -0.3 is 5.11 Å². The molecular formula is C12H11Cl5OS2. The predicted octanol–water partition coefficient (Wildman–Crippen LogP) is 6.53. The smallest absolute Gasteiger partial charge is 0.107 e. The van der Waals surface area contributed by atoms with Crippen LogP contribution < -0.4 is 0 Å². The SMILES string of the molecule is CC(C)C(O)SC(=S)Cc1c(Cl)c(Cl)c(Cl)c(Cl)c1Cl. The van der Waals surface area contributed by atoms with E-state index >= 15 is 0 Å². The molecule has 1 aromatic carbocycles. The molecule has 0 heterocycles. The molecule has 1 N–H and O–H groups in total. The Bertz CT molecular complexity index is 504. The summed E-state index contributed by atoms with van der Waals surface area (Å²) >= 11 is 36.6. The molecule has 0 aliphatic carbocycles. The highest BCUT2D eigenvalue weighted by atomic mass is 35.5. The molecule has 0 radical (unpaired) electrons. The number of aliphatic hydroxyl groups excluding tert-OH is 1. The van der Waals surface area contributed by atoms with Crippen molar-refractivity contribution in [2.45, 2.75) is 25.7 Å². The quantitative estimate of drug-likeness (QED) is 0.263. The third-order valence-corrected chi connectivity index (χ3v) is 6.43. The lowest BCUT2D eigenvalue weighted by Gasteiger charge is -2.16. The summed E-state index contributed by atoms with van der Waals surface area (Å²) in [6, 6.07) is 0. The summed E-state index contributed by atoms with van der Waals surface area (Å²) in [5.41, 5.74) is -0.0699. The van der Waals surface area contributed by atoms with Gasteiger partial charge in [0.2, 0.25) is 0 Å². The lowest BCUT2D eigenvalue weighted by Crippen LogP contribution is -2.13. The minimum absolute atomic E-state index is 0.0845. The van der Waals surface area contributed by atoms with Crippen LogP contribution in [0.1, 0.15) is 19.4 Å². The maximum absolute atomic E-state index is 9.80. The number of benzene rings is 1. The number of hydrogen-bond donors (Lipinski definition) is 1. The van der Waals surface area contributed by atoms with E-state index in [1.165, 1.54) is 11.8 Å². The van der Waals surface area contributed by atoms with Gasteiger partial charge in [-0.2, -0.15) is 0 Å². The van der Waals surface area contributed by atoms with Crippen LogP contribution in [0.4, 0.5) is 0 Å². The summed E-state index contributed by atoms with van der Waals surface area (Å²) in [5, 5.41) is 10.7. The van der Waals surface area contributed by atoms with E-state index in [0.29, 0.717) is 9.76 Å². The zero-order valence-corrected chi connectivity index (χ0v) is 15.9. The van der Waals surface area contributed by atoms with Crippen molar-refractivity contribution in [3.63, 3.8) is 0 Å². The van der Waals surface area contributed by atoms with Crippen LogP contribution in [-0.2, 0) is 6.42 Å². The minimum Gasteiger partial charge on any atom is -0.382 e. The molecule has 112 valence electrons. The number of hydrogen-bond acceptors (Lipinski definition) is 3. The maximum Gasteiger partial charge on any atom is 0.107 e. The fourth-order valence-electron chi connectivity index (χ4n) is 1.26. The first-order valence-electron chi connectivity index (χ1n) is 5.54. The monoisotopic (exact) mass is 410 g/mol. The number of halogens is 5. The average molecular weight is 413 g/mol. The number of thioether (sulfide) groups is 1. The van der Waals surface area contributed by atoms with Crippen LogP contribution in [0.3, 0.4) is 0 Å². The van der Waals surface area contributed by atoms with Crippen molar-refractivity contribution in [3.8, 4) is 0 Å². The standard InChI is InChI=1S/C12H11Cl5OS2/c1-4(2)12(18)20-6(19)3-5-7(13)9(15)11(17)10(16)8(5)14/h4,12,18H,3H2,1-2H3. The topological polar surface area (TPSA) is 20.2 Å². The molecule has 0 bridgehead atoms. The van der Waals surface area contributed by atoms with Crippen molar-refractivity contribution < 1.29 is 5.11 Å². The second-order valence-electron chi connectivity index (χ2n) is 4.35. The van der Waals surface area contributed by atoms with E-state index in [9.17, 15) is 5.11 Å². The van der Waals surface area contributed by atoms with Crippen molar-refractivity contribution >= 4 is 86.2 Å². The molecule has 0 fully saturated rings. The molecule has 0 aliphatic rings. The minimum atomic E-state index is -0.585. The summed E-state index contributed by atoms with van der Waals surface area (Å²) in [6.07, 6.45) is 0.276. The molecule has 0 aliphatic heterocycles. The maximum atomic E-state index is 9.80. The third kappa shape index (κ3) is 4.53. The van der Waals surface area contributed by atoms with E-state index in [-0.39, 0.29) is 37.5 Å². The van der Waals surface area contributed by atoms with Gasteiger partial charge in [0, 0.05) is 6.42 Å². The van der Waals surface area contributed by atoms with Crippen LogP contribution in [0.5, 0.6) is 0 Å². The van der Waals surface area contributed by atoms with E-state index in [1.54, 1.807) is 0 Å². The Morgan fingerprint density at radius 1 is 1.00 bits per heavy atom. The summed E-state index contributed by atoms with van der Waals surface area (Å²) in [6.45, 7) is 3.80. The van der Waals surface area contributed by atoms with Crippen LogP contribution in [0.15, 0.2) is 0 Å². The van der Waals surface area contributed by atoms with Crippen molar-refractivity contribution in [1.29, 1.82) is 0 Å². The Labute approximate surface area is 152 Å². The normalized spacial score (nSPS) is 12.8. The van der Waals surface area contributed by atoms with Crippen LogP contribution in [0.2, 0.25) is 25.1 Å². The Morgan fingerprint density at radius 2 is 1.40 bits per heavy atom. The van der Waals surface area contributed by atoms with E-state index in [2.05, 4.69) is 0 Å². The van der Waals surface area contributed by atoms with Gasteiger partial charge in [-0.3, -0.25) is 0 Å². The first-order valence-corrected chi connectivity index (χ1v) is 8.72. The van der Waals surface area contributed by atoms with Crippen LogP contribution in [-0.4, -0.2) is 14.7 Å². The molecule has 0 spiro atoms. The molecule has 8 heteroatoms. The number of thiocarbonyl (C=S) groups is 1. The summed E-state index contributed by atoms with van der Waals surface area (Å²) in [7, 11) is 0. The molecule has 1 aromatic rings. The van der Waals surface area contributed by atoms with Gasteiger partial charge in [0.25, 0.3) is 0 Å². The Balaban J connectivity index is 3.02. The molecule has 0 saturated heterocycles.